The van der Waals surface area contributed by atoms with Crippen LogP contribution in [0.1, 0.15) is 12.5 Å². The van der Waals surface area contributed by atoms with Crippen molar-refractivity contribution in [1.82, 2.24) is 24.9 Å². The Hall–Kier alpha value is -2.70. The quantitative estimate of drug-likeness (QED) is 0.654. The maximum atomic E-state index is 4.46. The summed E-state index contributed by atoms with van der Waals surface area (Å²) in [6.07, 6.45) is 5.16. The number of aromatic amines is 1. The van der Waals surface area contributed by atoms with E-state index in [-0.39, 0.29) is 0 Å². The number of imidazole rings is 1. The van der Waals surface area contributed by atoms with E-state index in [9.17, 15) is 0 Å². The lowest BCUT2D eigenvalue weighted by Gasteiger charge is -2.08. The molecule has 3 N–H and O–H groups in total. The van der Waals surface area contributed by atoms with Gasteiger partial charge in [0.25, 0.3) is 0 Å². The first-order valence-electron chi connectivity index (χ1n) is 6.44. The molecule has 0 aliphatic rings. The van der Waals surface area contributed by atoms with Gasteiger partial charge in [-0.25, -0.2) is 4.98 Å². The predicted octanol–water partition coefficient (Wildman–Crippen LogP) is 1.79. The summed E-state index contributed by atoms with van der Waals surface area (Å²) in [7, 11) is 0. The van der Waals surface area contributed by atoms with Crippen LogP contribution in [0.2, 0.25) is 0 Å². The lowest BCUT2D eigenvalue weighted by atomic mass is 10.3. The zero-order valence-electron chi connectivity index (χ0n) is 11.1. The lowest BCUT2D eigenvalue weighted by Crippen LogP contribution is -2.07. The average molecular weight is 269 g/mol. The van der Waals surface area contributed by atoms with E-state index in [1.54, 1.807) is 18.7 Å². The van der Waals surface area contributed by atoms with Crippen molar-refractivity contribution in [2.24, 2.45) is 0 Å². The molecule has 0 aliphatic heterocycles. The van der Waals surface area contributed by atoms with E-state index in [4.69, 9.17) is 0 Å². The molecule has 3 aromatic heterocycles. The Morgan fingerprint density at radius 2 is 2.00 bits per heavy atom. The highest BCUT2D eigenvalue weighted by molar-refractivity contribution is 5.83. The van der Waals surface area contributed by atoms with Crippen LogP contribution in [0.5, 0.6) is 0 Å². The van der Waals surface area contributed by atoms with Crippen molar-refractivity contribution in [3.63, 3.8) is 0 Å². The fourth-order valence-corrected chi connectivity index (χ4v) is 1.88. The molecule has 0 bridgehead atoms. The van der Waals surface area contributed by atoms with E-state index < -0.39 is 0 Å². The summed E-state index contributed by atoms with van der Waals surface area (Å²) in [6, 6.07) is 3.92. The van der Waals surface area contributed by atoms with Gasteiger partial charge >= 0.3 is 0 Å². The molecule has 0 saturated carbocycles. The molecule has 0 radical (unpaired) electrons. The highest BCUT2D eigenvalue weighted by atomic mass is 15.2. The maximum absolute atomic E-state index is 4.46. The zero-order valence-corrected chi connectivity index (χ0v) is 11.1. The predicted molar refractivity (Wildman–Crippen MR) is 77.4 cm³/mol. The van der Waals surface area contributed by atoms with E-state index in [1.165, 1.54) is 0 Å². The smallest absolute Gasteiger partial charge is 0.226 e. The summed E-state index contributed by atoms with van der Waals surface area (Å²) in [5, 5.41) is 6.40. The standard InChI is InChI=1S/C13H15N7/c1-2-15-13-19-11(10-12(20-13)18-8-17-10)16-7-9-3-5-14-6-4-9/h3-6,8H,2,7H2,1H3,(H3,15,16,17,18,19,20). The van der Waals surface area contributed by atoms with Crippen molar-refractivity contribution < 1.29 is 0 Å². The molecule has 0 aromatic carbocycles. The van der Waals surface area contributed by atoms with E-state index in [0.717, 1.165) is 23.4 Å². The van der Waals surface area contributed by atoms with Crippen molar-refractivity contribution >= 4 is 22.9 Å². The van der Waals surface area contributed by atoms with Crippen LogP contribution in [0.3, 0.4) is 0 Å². The molecule has 0 unspecified atom stereocenters. The van der Waals surface area contributed by atoms with Crippen molar-refractivity contribution in [2.45, 2.75) is 13.5 Å². The molecule has 0 atom stereocenters. The summed E-state index contributed by atoms with van der Waals surface area (Å²) < 4.78 is 0. The fourth-order valence-electron chi connectivity index (χ4n) is 1.88. The van der Waals surface area contributed by atoms with Gasteiger partial charge in [0.1, 0.15) is 5.52 Å². The molecule has 0 amide bonds. The number of H-pyrrole nitrogens is 1. The number of anilines is 2. The van der Waals surface area contributed by atoms with Gasteiger partial charge in [-0.05, 0) is 24.6 Å². The number of nitrogens with zero attached hydrogens (tertiary/aromatic N) is 4. The summed E-state index contributed by atoms with van der Waals surface area (Å²) in [5.74, 6) is 1.31. The molecule has 0 aliphatic carbocycles. The van der Waals surface area contributed by atoms with Crippen LogP contribution in [0.4, 0.5) is 11.8 Å². The third-order valence-electron chi connectivity index (χ3n) is 2.83. The van der Waals surface area contributed by atoms with Crippen molar-refractivity contribution in [2.75, 3.05) is 17.2 Å². The van der Waals surface area contributed by atoms with Gasteiger partial charge in [-0.2, -0.15) is 9.97 Å². The summed E-state index contributed by atoms with van der Waals surface area (Å²) >= 11 is 0. The highest BCUT2D eigenvalue weighted by Gasteiger charge is 2.09. The minimum absolute atomic E-state index is 0.573. The topological polar surface area (TPSA) is 91.4 Å². The largest absolute Gasteiger partial charge is 0.364 e. The molecule has 20 heavy (non-hydrogen) atoms. The summed E-state index contributed by atoms with van der Waals surface area (Å²) in [6.45, 7) is 3.43. The normalized spacial score (nSPS) is 10.7. The van der Waals surface area contributed by atoms with Crippen LogP contribution in [-0.2, 0) is 6.54 Å². The van der Waals surface area contributed by atoms with Crippen LogP contribution in [0, 0.1) is 0 Å². The minimum atomic E-state index is 0.573. The second-order valence-corrected chi connectivity index (χ2v) is 4.24. The molecule has 102 valence electrons. The van der Waals surface area contributed by atoms with Gasteiger partial charge in [0, 0.05) is 25.5 Å². The Kier molecular flexibility index (Phi) is 3.40. The fraction of sp³-hybridized carbons (Fsp3) is 0.231. The maximum Gasteiger partial charge on any atom is 0.226 e. The first-order chi connectivity index (χ1) is 9.86. The van der Waals surface area contributed by atoms with Crippen LogP contribution >= 0.6 is 0 Å². The van der Waals surface area contributed by atoms with Crippen LogP contribution in [0.15, 0.2) is 30.9 Å². The molecule has 0 saturated heterocycles. The van der Waals surface area contributed by atoms with Crippen LogP contribution in [-0.4, -0.2) is 31.5 Å². The third-order valence-corrected chi connectivity index (χ3v) is 2.83. The zero-order chi connectivity index (χ0) is 13.8. The van der Waals surface area contributed by atoms with Crippen LogP contribution in [0.25, 0.3) is 11.2 Å². The van der Waals surface area contributed by atoms with E-state index in [0.29, 0.717) is 18.1 Å². The van der Waals surface area contributed by atoms with Crippen molar-refractivity contribution in [1.29, 1.82) is 0 Å². The second-order valence-electron chi connectivity index (χ2n) is 4.24. The van der Waals surface area contributed by atoms with Gasteiger partial charge in [0.15, 0.2) is 11.5 Å². The number of hydrogen-bond donors (Lipinski definition) is 3. The molecule has 0 fully saturated rings. The number of hydrogen-bond acceptors (Lipinski definition) is 6. The van der Waals surface area contributed by atoms with E-state index >= 15 is 0 Å². The first-order valence-corrected chi connectivity index (χ1v) is 6.44. The molecule has 7 heteroatoms. The summed E-state index contributed by atoms with van der Waals surface area (Å²) in [5.41, 5.74) is 2.59. The van der Waals surface area contributed by atoms with Crippen molar-refractivity contribution in [3.05, 3.63) is 36.4 Å². The van der Waals surface area contributed by atoms with Gasteiger partial charge in [-0.1, -0.05) is 0 Å². The Morgan fingerprint density at radius 1 is 1.15 bits per heavy atom. The first kappa shape index (κ1) is 12.3. The lowest BCUT2D eigenvalue weighted by molar-refractivity contribution is 1.06. The molecule has 7 nitrogen and oxygen atoms in total. The third kappa shape index (κ3) is 2.51. The van der Waals surface area contributed by atoms with E-state index in [1.807, 2.05) is 19.1 Å². The van der Waals surface area contributed by atoms with Gasteiger partial charge < -0.3 is 15.6 Å². The highest BCUT2D eigenvalue weighted by Crippen LogP contribution is 2.19. The Morgan fingerprint density at radius 3 is 2.80 bits per heavy atom. The Labute approximate surface area is 115 Å². The Bertz CT molecular complexity index is 692. The second kappa shape index (κ2) is 5.52. The van der Waals surface area contributed by atoms with Crippen LogP contribution < -0.4 is 10.6 Å². The molecule has 3 heterocycles. The minimum Gasteiger partial charge on any atom is -0.364 e. The number of rotatable bonds is 5. The number of aromatic nitrogens is 5. The monoisotopic (exact) mass is 269 g/mol. The van der Waals surface area contributed by atoms with Gasteiger partial charge in [-0.3, -0.25) is 4.98 Å². The number of nitrogens with one attached hydrogen (secondary N) is 3. The van der Waals surface area contributed by atoms with Gasteiger partial charge in [0.2, 0.25) is 5.95 Å². The molecule has 3 aromatic rings. The molecule has 0 spiro atoms. The van der Waals surface area contributed by atoms with Gasteiger partial charge in [-0.15, -0.1) is 0 Å². The molecule has 3 rings (SSSR count). The molecular weight excluding hydrogens is 254 g/mol. The number of fused-ring (bicyclic) bond motifs is 1. The molecular formula is C13H15N7. The Balaban J connectivity index is 1.87. The van der Waals surface area contributed by atoms with E-state index in [2.05, 4.69) is 35.6 Å². The summed E-state index contributed by atoms with van der Waals surface area (Å²) in [4.78, 5) is 20.0. The van der Waals surface area contributed by atoms with Crippen molar-refractivity contribution in [3.8, 4) is 0 Å². The van der Waals surface area contributed by atoms with Gasteiger partial charge in [0.05, 0.1) is 6.33 Å². The average Bonchev–Trinajstić information content (AvgIpc) is 2.95. The SMILES string of the molecule is CCNc1nc(NCc2ccncc2)c2[nH]cnc2n1. The number of pyridine rings is 1.